The molecule has 0 bridgehead atoms. The van der Waals surface area contributed by atoms with Crippen molar-refractivity contribution in [3.8, 4) is 0 Å². The Morgan fingerprint density at radius 2 is 1.92 bits per heavy atom. The van der Waals surface area contributed by atoms with E-state index in [1.807, 2.05) is 0 Å². The molecular formula is C7H13FO4. The van der Waals surface area contributed by atoms with E-state index in [0.717, 1.165) is 0 Å². The second kappa shape index (κ2) is 3.66. The van der Waals surface area contributed by atoms with Crippen molar-refractivity contribution in [3.05, 3.63) is 0 Å². The van der Waals surface area contributed by atoms with Gasteiger partial charge in [0, 0.05) is 7.11 Å². The molecule has 0 spiro atoms. The number of aliphatic hydroxyl groups is 2. The van der Waals surface area contributed by atoms with Crippen molar-refractivity contribution in [2.75, 3.05) is 7.11 Å². The lowest BCUT2D eigenvalue weighted by molar-refractivity contribution is -0.270. The average Bonchev–Trinajstić information content (AvgIpc) is 2.08. The molecule has 1 heterocycles. The van der Waals surface area contributed by atoms with Gasteiger partial charge in [-0.25, -0.2) is 4.39 Å². The number of hydrogen-bond donors (Lipinski definition) is 2. The molecule has 0 saturated carbocycles. The van der Waals surface area contributed by atoms with Crippen molar-refractivity contribution in [2.24, 2.45) is 0 Å². The summed E-state index contributed by atoms with van der Waals surface area (Å²) in [6, 6.07) is 0. The number of alkyl halides is 1. The minimum absolute atomic E-state index is 0.614. The van der Waals surface area contributed by atoms with E-state index in [9.17, 15) is 4.39 Å². The number of hydrogen-bond acceptors (Lipinski definition) is 4. The van der Waals surface area contributed by atoms with Crippen LogP contribution in [-0.4, -0.2) is 48.1 Å². The lowest BCUT2D eigenvalue weighted by atomic mass is 10.0. The normalized spacial score (nSPS) is 49.2. The van der Waals surface area contributed by atoms with Crippen LogP contribution in [0.2, 0.25) is 0 Å². The van der Waals surface area contributed by atoms with Gasteiger partial charge in [-0.3, -0.25) is 0 Å². The van der Waals surface area contributed by atoms with Crippen molar-refractivity contribution in [2.45, 2.75) is 37.7 Å². The summed E-state index contributed by atoms with van der Waals surface area (Å²) in [6.45, 7) is 1.55. The Labute approximate surface area is 69.9 Å². The molecule has 1 rings (SSSR count). The maximum absolute atomic E-state index is 13.0. The van der Waals surface area contributed by atoms with E-state index in [2.05, 4.69) is 4.74 Å². The highest BCUT2D eigenvalue weighted by Gasteiger charge is 2.43. The molecule has 72 valence electrons. The fourth-order valence-electron chi connectivity index (χ4n) is 1.18. The van der Waals surface area contributed by atoms with Crippen LogP contribution < -0.4 is 0 Å². The molecule has 5 heteroatoms. The third-order valence-corrected chi connectivity index (χ3v) is 2.00. The third kappa shape index (κ3) is 1.59. The van der Waals surface area contributed by atoms with Crippen LogP contribution in [0.1, 0.15) is 6.92 Å². The van der Waals surface area contributed by atoms with Crippen LogP contribution in [0.3, 0.4) is 0 Å². The first-order valence-corrected chi connectivity index (χ1v) is 3.76. The van der Waals surface area contributed by atoms with E-state index >= 15 is 0 Å². The maximum Gasteiger partial charge on any atom is 0.191 e. The summed E-state index contributed by atoms with van der Waals surface area (Å²) < 4.78 is 22.6. The van der Waals surface area contributed by atoms with Crippen LogP contribution in [-0.2, 0) is 9.47 Å². The van der Waals surface area contributed by atoms with Gasteiger partial charge in [-0.05, 0) is 6.92 Å². The number of methoxy groups -OCH3 is 1. The minimum Gasteiger partial charge on any atom is -0.388 e. The number of halogens is 1. The van der Waals surface area contributed by atoms with Crippen LogP contribution in [0, 0.1) is 0 Å². The van der Waals surface area contributed by atoms with Gasteiger partial charge in [0.15, 0.2) is 12.5 Å². The van der Waals surface area contributed by atoms with Crippen LogP contribution >= 0.6 is 0 Å². The highest BCUT2D eigenvalue weighted by molar-refractivity contribution is 4.87. The molecule has 1 saturated heterocycles. The lowest BCUT2D eigenvalue weighted by Crippen LogP contribution is -2.55. The molecule has 0 aliphatic carbocycles. The van der Waals surface area contributed by atoms with E-state index in [1.165, 1.54) is 7.11 Å². The highest BCUT2D eigenvalue weighted by atomic mass is 19.1. The summed E-state index contributed by atoms with van der Waals surface area (Å²) in [5.74, 6) is 0. The molecule has 0 amide bonds. The summed E-state index contributed by atoms with van der Waals surface area (Å²) in [6.07, 6.45) is -6.01. The Bertz CT molecular complexity index is 150. The lowest BCUT2D eigenvalue weighted by Gasteiger charge is -2.37. The van der Waals surface area contributed by atoms with Crippen molar-refractivity contribution >= 4 is 0 Å². The average molecular weight is 180 g/mol. The molecule has 2 N–H and O–H groups in total. The van der Waals surface area contributed by atoms with Gasteiger partial charge in [0.05, 0.1) is 6.10 Å². The maximum atomic E-state index is 13.0. The SMILES string of the molecule is CO[C@@H]1O[C@@H](C)[C@@H](O)[C@H](O)[C@H]1F. The van der Waals surface area contributed by atoms with Crippen molar-refractivity contribution in [1.82, 2.24) is 0 Å². The zero-order valence-electron chi connectivity index (χ0n) is 6.98. The van der Waals surface area contributed by atoms with Crippen molar-refractivity contribution in [1.29, 1.82) is 0 Å². The number of rotatable bonds is 1. The molecule has 0 radical (unpaired) electrons. The highest BCUT2D eigenvalue weighted by Crippen LogP contribution is 2.23. The van der Waals surface area contributed by atoms with Gasteiger partial charge in [-0.15, -0.1) is 0 Å². The van der Waals surface area contributed by atoms with E-state index in [-0.39, 0.29) is 0 Å². The molecule has 4 nitrogen and oxygen atoms in total. The summed E-state index contributed by atoms with van der Waals surface area (Å²) in [5, 5.41) is 18.3. The smallest absolute Gasteiger partial charge is 0.191 e. The van der Waals surface area contributed by atoms with Crippen LogP contribution in [0.5, 0.6) is 0 Å². The van der Waals surface area contributed by atoms with Crippen LogP contribution in [0.25, 0.3) is 0 Å². The summed E-state index contributed by atoms with van der Waals surface area (Å²) >= 11 is 0. The van der Waals surface area contributed by atoms with Gasteiger partial charge < -0.3 is 19.7 Å². The molecule has 1 fully saturated rings. The van der Waals surface area contributed by atoms with Gasteiger partial charge in [-0.1, -0.05) is 0 Å². The summed E-state index contributed by atoms with van der Waals surface area (Å²) in [7, 11) is 1.29. The van der Waals surface area contributed by atoms with E-state index in [1.54, 1.807) is 6.92 Å². The molecule has 0 aromatic carbocycles. The summed E-state index contributed by atoms with van der Waals surface area (Å²) in [5.41, 5.74) is 0. The summed E-state index contributed by atoms with van der Waals surface area (Å²) in [4.78, 5) is 0. The monoisotopic (exact) mass is 180 g/mol. The zero-order chi connectivity index (χ0) is 9.30. The molecule has 1 aliphatic heterocycles. The Morgan fingerprint density at radius 3 is 2.42 bits per heavy atom. The van der Waals surface area contributed by atoms with Crippen LogP contribution in [0.15, 0.2) is 0 Å². The predicted octanol–water partition coefficient (Wildman–Crippen LogP) is -0.563. The Morgan fingerprint density at radius 1 is 1.33 bits per heavy atom. The van der Waals surface area contributed by atoms with Gasteiger partial charge >= 0.3 is 0 Å². The first-order chi connectivity index (χ1) is 5.57. The van der Waals surface area contributed by atoms with E-state index in [0.29, 0.717) is 0 Å². The fourth-order valence-corrected chi connectivity index (χ4v) is 1.18. The number of ether oxygens (including phenoxy) is 2. The Kier molecular flexibility index (Phi) is 3.00. The van der Waals surface area contributed by atoms with Crippen LogP contribution in [0.4, 0.5) is 4.39 Å². The molecule has 0 aromatic heterocycles. The Hall–Kier alpha value is -0.230. The van der Waals surface area contributed by atoms with Gasteiger partial charge in [0.25, 0.3) is 0 Å². The molecule has 1 aliphatic rings. The van der Waals surface area contributed by atoms with E-state index < -0.39 is 30.8 Å². The quantitative estimate of drug-likeness (QED) is 0.567. The topological polar surface area (TPSA) is 58.9 Å². The predicted molar refractivity (Wildman–Crippen MR) is 38.3 cm³/mol. The van der Waals surface area contributed by atoms with Gasteiger partial charge in [0.1, 0.15) is 12.2 Å². The molecule has 5 atom stereocenters. The zero-order valence-corrected chi connectivity index (χ0v) is 6.98. The van der Waals surface area contributed by atoms with Crippen molar-refractivity contribution in [3.63, 3.8) is 0 Å². The molecule has 0 aromatic rings. The van der Waals surface area contributed by atoms with Crippen molar-refractivity contribution < 1.29 is 24.1 Å². The largest absolute Gasteiger partial charge is 0.388 e. The standard InChI is InChI=1S/C7H13FO4/c1-3-5(9)6(10)4(8)7(11-2)12-3/h3-7,9-10H,1-2H3/t3-,4+,5+,6+,7+/m0/s1. The molecule has 0 unspecified atom stereocenters. The van der Waals surface area contributed by atoms with Gasteiger partial charge in [0.2, 0.25) is 0 Å². The molecule has 12 heavy (non-hydrogen) atoms. The Balaban J connectivity index is 2.63. The van der Waals surface area contributed by atoms with E-state index in [4.69, 9.17) is 14.9 Å². The molecular weight excluding hydrogens is 167 g/mol. The second-order valence-corrected chi connectivity index (χ2v) is 2.87. The minimum atomic E-state index is -1.69. The first-order valence-electron chi connectivity index (χ1n) is 3.76. The number of aliphatic hydroxyl groups excluding tert-OH is 2. The second-order valence-electron chi connectivity index (χ2n) is 2.87. The van der Waals surface area contributed by atoms with Gasteiger partial charge in [-0.2, -0.15) is 0 Å². The fraction of sp³-hybridized carbons (Fsp3) is 1.00. The third-order valence-electron chi connectivity index (χ3n) is 2.00. The first kappa shape index (κ1) is 9.85.